The highest BCUT2D eigenvalue weighted by Gasteiger charge is 2.27. The number of fused-ring (bicyclic) bond motifs is 5. The average molecular weight is 349 g/mol. The quantitative estimate of drug-likeness (QED) is 0.528. The Labute approximate surface area is 151 Å². The van der Waals surface area contributed by atoms with Gasteiger partial charge in [-0.25, -0.2) is 0 Å². The van der Waals surface area contributed by atoms with Crippen LogP contribution in [-0.4, -0.2) is 52.9 Å². The molecule has 0 spiro atoms. The van der Waals surface area contributed by atoms with Crippen molar-refractivity contribution in [3.05, 3.63) is 48.5 Å². The second-order valence-corrected chi connectivity index (χ2v) is 7.60. The minimum atomic E-state index is 0.932. The summed E-state index contributed by atoms with van der Waals surface area (Å²) in [7, 11) is 2.17. The van der Waals surface area contributed by atoms with E-state index in [9.17, 15) is 0 Å². The molecule has 0 unspecified atom stereocenters. The Hall–Kier alpha value is -2.31. The van der Waals surface area contributed by atoms with Crippen molar-refractivity contribution in [1.29, 1.82) is 0 Å². The summed E-state index contributed by atoms with van der Waals surface area (Å²) in [4.78, 5) is 7.18. The topological polar surface area (TPSA) is 37.2 Å². The first-order valence-corrected chi connectivity index (χ1v) is 9.38. The Morgan fingerprint density at radius 2 is 1.56 bits per heavy atom. The summed E-state index contributed by atoms with van der Waals surface area (Å²) in [5.74, 6) is 1.88. The lowest BCUT2D eigenvalue weighted by atomic mass is 10.2. The molecule has 3 aromatic rings. The van der Waals surface area contributed by atoms with Gasteiger partial charge in [0.25, 0.3) is 0 Å². The molecule has 3 heterocycles. The van der Waals surface area contributed by atoms with Crippen LogP contribution in [0.5, 0.6) is 0 Å². The smallest absolute Gasteiger partial charge is 0.232 e. The monoisotopic (exact) mass is 349 g/mol. The van der Waals surface area contributed by atoms with Gasteiger partial charge in [-0.1, -0.05) is 42.1 Å². The van der Waals surface area contributed by atoms with Gasteiger partial charge in [-0.15, -0.1) is 10.2 Å². The number of piperazine rings is 1. The van der Waals surface area contributed by atoms with E-state index < -0.39 is 0 Å². The number of aromatic nitrogens is 3. The molecule has 2 aromatic carbocycles. The van der Waals surface area contributed by atoms with Gasteiger partial charge in [-0.2, -0.15) is 0 Å². The van der Waals surface area contributed by atoms with Gasteiger partial charge in [0.15, 0.2) is 5.82 Å². The molecule has 2 aliphatic heterocycles. The predicted octanol–water partition coefficient (Wildman–Crippen LogP) is 3.15. The van der Waals surface area contributed by atoms with E-state index in [2.05, 4.69) is 80.1 Å². The minimum Gasteiger partial charge on any atom is -0.338 e. The normalized spacial score (nSPS) is 16.8. The molecule has 0 N–H and O–H groups in total. The summed E-state index contributed by atoms with van der Waals surface area (Å²) in [6, 6.07) is 17.0. The predicted molar refractivity (Wildman–Crippen MR) is 101 cm³/mol. The highest BCUT2D eigenvalue weighted by atomic mass is 32.2. The third-order valence-corrected chi connectivity index (χ3v) is 6.03. The molecule has 5 rings (SSSR count). The number of benzene rings is 2. The molecule has 25 heavy (non-hydrogen) atoms. The van der Waals surface area contributed by atoms with Crippen molar-refractivity contribution >= 4 is 17.7 Å². The molecule has 1 aromatic heterocycles. The van der Waals surface area contributed by atoms with Gasteiger partial charge >= 0.3 is 0 Å². The van der Waals surface area contributed by atoms with Crippen molar-refractivity contribution in [2.24, 2.45) is 0 Å². The standard InChI is InChI=1S/C19H19N5S/c1-22-10-12-23(13-11-22)19-21-20-18-14-6-2-4-8-16(14)25-17-9-5-3-7-15(17)24(18)19/h2-9H,10-13H2,1H3. The van der Waals surface area contributed by atoms with Crippen LogP contribution in [0.4, 0.5) is 5.95 Å². The lowest BCUT2D eigenvalue weighted by Gasteiger charge is -2.33. The van der Waals surface area contributed by atoms with Crippen LogP contribution in [-0.2, 0) is 0 Å². The van der Waals surface area contributed by atoms with Crippen molar-refractivity contribution in [3.8, 4) is 17.1 Å². The molecule has 0 radical (unpaired) electrons. The second kappa shape index (κ2) is 5.89. The third kappa shape index (κ3) is 2.44. The Morgan fingerprint density at radius 3 is 2.40 bits per heavy atom. The van der Waals surface area contributed by atoms with Gasteiger partial charge in [0, 0.05) is 41.5 Å². The fourth-order valence-electron chi connectivity index (χ4n) is 3.47. The van der Waals surface area contributed by atoms with E-state index in [1.54, 1.807) is 11.8 Å². The van der Waals surface area contributed by atoms with E-state index in [0.29, 0.717) is 0 Å². The van der Waals surface area contributed by atoms with Crippen molar-refractivity contribution in [2.45, 2.75) is 9.79 Å². The molecule has 5 nitrogen and oxygen atoms in total. The lowest BCUT2D eigenvalue weighted by Crippen LogP contribution is -2.45. The number of para-hydroxylation sites is 1. The van der Waals surface area contributed by atoms with Crippen LogP contribution in [0.3, 0.4) is 0 Å². The first-order chi connectivity index (χ1) is 12.3. The molecular formula is C19H19N5S. The molecule has 0 atom stereocenters. The Kier molecular flexibility index (Phi) is 3.53. The molecular weight excluding hydrogens is 330 g/mol. The van der Waals surface area contributed by atoms with Crippen LogP contribution < -0.4 is 4.90 Å². The third-order valence-electron chi connectivity index (χ3n) is 4.89. The van der Waals surface area contributed by atoms with Crippen molar-refractivity contribution in [3.63, 3.8) is 0 Å². The summed E-state index contributed by atoms with van der Waals surface area (Å²) in [6.45, 7) is 4.06. The number of hydrogen-bond donors (Lipinski definition) is 0. The largest absolute Gasteiger partial charge is 0.338 e. The Morgan fingerprint density at radius 1 is 0.840 bits per heavy atom. The van der Waals surface area contributed by atoms with E-state index in [4.69, 9.17) is 0 Å². The summed E-state index contributed by atoms with van der Waals surface area (Å²) in [5, 5.41) is 9.19. The minimum absolute atomic E-state index is 0.932. The molecule has 2 aliphatic rings. The molecule has 0 bridgehead atoms. The highest BCUT2D eigenvalue weighted by Crippen LogP contribution is 2.43. The number of likely N-dealkylation sites (N-methyl/N-ethyl adjacent to an activating group) is 1. The number of nitrogens with zero attached hydrogens (tertiary/aromatic N) is 5. The van der Waals surface area contributed by atoms with Crippen LogP contribution in [0.2, 0.25) is 0 Å². The van der Waals surface area contributed by atoms with Gasteiger partial charge in [0.2, 0.25) is 5.95 Å². The second-order valence-electron chi connectivity index (χ2n) is 6.52. The zero-order valence-electron chi connectivity index (χ0n) is 14.1. The van der Waals surface area contributed by atoms with Gasteiger partial charge in [-0.3, -0.25) is 4.57 Å². The van der Waals surface area contributed by atoms with Gasteiger partial charge in [0.1, 0.15) is 0 Å². The van der Waals surface area contributed by atoms with Gasteiger partial charge in [-0.05, 0) is 25.2 Å². The summed E-state index contributed by atoms with van der Waals surface area (Å²) < 4.78 is 2.24. The SMILES string of the molecule is CN1CCN(c2nnc3n2-c2ccccc2Sc2ccccc2-3)CC1. The first-order valence-electron chi connectivity index (χ1n) is 8.57. The molecule has 1 saturated heterocycles. The van der Waals surface area contributed by atoms with Crippen LogP contribution in [0.15, 0.2) is 58.3 Å². The van der Waals surface area contributed by atoms with Crippen molar-refractivity contribution in [1.82, 2.24) is 19.7 Å². The molecule has 1 fully saturated rings. The summed E-state index contributed by atoms with van der Waals surface area (Å²) >= 11 is 1.80. The van der Waals surface area contributed by atoms with Gasteiger partial charge < -0.3 is 9.80 Å². The van der Waals surface area contributed by atoms with E-state index in [0.717, 1.165) is 49.2 Å². The maximum Gasteiger partial charge on any atom is 0.232 e. The van der Waals surface area contributed by atoms with Crippen molar-refractivity contribution < 1.29 is 0 Å². The zero-order valence-corrected chi connectivity index (χ0v) is 14.9. The first kappa shape index (κ1) is 15.0. The Balaban J connectivity index is 1.72. The van der Waals surface area contributed by atoms with E-state index in [-0.39, 0.29) is 0 Å². The van der Waals surface area contributed by atoms with Crippen LogP contribution in [0, 0.1) is 0 Å². The summed E-state index contributed by atoms with van der Waals surface area (Å²) in [5.41, 5.74) is 2.31. The number of hydrogen-bond acceptors (Lipinski definition) is 5. The van der Waals surface area contributed by atoms with Crippen LogP contribution in [0.1, 0.15) is 0 Å². The molecule has 0 saturated carbocycles. The van der Waals surface area contributed by atoms with Gasteiger partial charge in [0.05, 0.1) is 5.69 Å². The molecule has 6 heteroatoms. The zero-order chi connectivity index (χ0) is 16.8. The van der Waals surface area contributed by atoms with Crippen molar-refractivity contribution in [2.75, 3.05) is 38.1 Å². The number of anilines is 1. The fourth-order valence-corrected chi connectivity index (χ4v) is 4.53. The highest BCUT2D eigenvalue weighted by molar-refractivity contribution is 7.99. The van der Waals surface area contributed by atoms with E-state index in [1.807, 2.05) is 0 Å². The number of rotatable bonds is 1. The molecule has 0 amide bonds. The fraction of sp³-hybridized carbons (Fsp3) is 0.263. The maximum atomic E-state index is 4.60. The van der Waals surface area contributed by atoms with Crippen LogP contribution in [0.25, 0.3) is 17.1 Å². The maximum absolute atomic E-state index is 4.60. The lowest BCUT2D eigenvalue weighted by molar-refractivity contribution is 0.310. The average Bonchev–Trinajstić information content (AvgIpc) is 3.02. The van der Waals surface area contributed by atoms with E-state index >= 15 is 0 Å². The van der Waals surface area contributed by atoms with E-state index in [1.165, 1.54) is 9.79 Å². The molecule has 0 aliphatic carbocycles. The Bertz CT molecular complexity index is 927. The molecule has 126 valence electrons. The summed E-state index contributed by atoms with van der Waals surface area (Å²) in [6.07, 6.45) is 0. The van der Waals surface area contributed by atoms with Crippen LogP contribution >= 0.6 is 11.8 Å².